The molecule has 2 aliphatic heterocycles. The summed E-state index contributed by atoms with van der Waals surface area (Å²) in [6.45, 7) is 2.04. The first-order valence-corrected chi connectivity index (χ1v) is 11.6. The highest BCUT2D eigenvalue weighted by Gasteiger charge is 2.38. The van der Waals surface area contributed by atoms with Gasteiger partial charge in [0.1, 0.15) is 0 Å². The van der Waals surface area contributed by atoms with Crippen molar-refractivity contribution >= 4 is 52.1 Å². The van der Waals surface area contributed by atoms with Crippen LogP contribution in [0.25, 0.3) is 0 Å². The van der Waals surface area contributed by atoms with Crippen molar-refractivity contribution in [2.75, 3.05) is 32.1 Å². The van der Waals surface area contributed by atoms with Crippen LogP contribution in [0.4, 0.5) is 11.4 Å². The molecule has 2 aliphatic rings. The number of fused-ring (bicyclic) bond motifs is 1. The van der Waals surface area contributed by atoms with E-state index in [0.717, 1.165) is 34.6 Å². The number of anilines is 1. The first-order chi connectivity index (χ1) is 11.6. The van der Waals surface area contributed by atoms with E-state index in [2.05, 4.69) is 27.8 Å². The Balaban J connectivity index is 1.87. The quantitative estimate of drug-likeness (QED) is 0.757. The van der Waals surface area contributed by atoms with Gasteiger partial charge < -0.3 is 9.42 Å². The number of thiophene rings is 1. The maximum Gasteiger partial charge on any atom is 0.236 e. The lowest BCUT2D eigenvalue weighted by Gasteiger charge is -2.35. The molecule has 1 fully saturated rings. The lowest BCUT2D eigenvalue weighted by atomic mass is 10.2. The van der Waals surface area contributed by atoms with Gasteiger partial charge in [-0.1, -0.05) is 6.07 Å². The monoisotopic (exact) mass is 377 g/mol. The summed E-state index contributed by atoms with van der Waals surface area (Å²) >= 11 is 7.80. The van der Waals surface area contributed by atoms with Gasteiger partial charge in [0.15, 0.2) is 0 Å². The van der Waals surface area contributed by atoms with E-state index in [-0.39, 0.29) is 0 Å². The average Bonchev–Trinajstić information content (AvgIpc) is 3.27. The minimum Gasteiger partial charge on any atom is -0.430 e. The molecule has 0 amide bonds. The van der Waals surface area contributed by atoms with E-state index in [1.165, 1.54) is 12.8 Å². The number of nitrogens with zero attached hydrogens (tertiary/aromatic N) is 3. The molecule has 0 radical (unpaired) electrons. The van der Waals surface area contributed by atoms with Crippen LogP contribution >= 0.6 is 17.8 Å². The molecule has 1 atom stereocenters. The van der Waals surface area contributed by atoms with Crippen molar-refractivity contribution in [3.05, 3.63) is 40.6 Å². The molecule has 0 saturated carbocycles. The molecule has 0 N–H and O–H groups in total. The number of hydrogen-bond acceptors (Lipinski definition) is 5. The molecule has 7 heteroatoms. The van der Waals surface area contributed by atoms with Crippen LogP contribution in [0.2, 0.25) is 0 Å². The lowest BCUT2D eigenvalue weighted by molar-refractivity contribution is 0.483. The molecule has 2 aromatic rings. The predicted octanol–water partition coefficient (Wildman–Crippen LogP) is 3.95. The fourth-order valence-electron chi connectivity index (χ4n) is 3.09. The Morgan fingerprint density at radius 1 is 1.25 bits per heavy atom. The van der Waals surface area contributed by atoms with Gasteiger partial charge in [0.2, 0.25) is 12.3 Å². The largest absolute Gasteiger partial charge is 0.430 e. The van der Waals surface area contributed by atoms with Gasteiger partial charge in [-0.15, -0.1) is 11.3 Å². The van der Waals surface area contributed by atoms with Gasteiger partial charge in [0.05, 0.1) is 15.9 Å². The highest BCUT2D eigenvalue weighted by atomic mass is 32.4. The smallest absolute Gasteiger partial charge is 0.236 e. The molecular formula is C17H20N3OPS2. The lowest BCUT2D eigenvalue weighted by Crippen LogP contribution is -2.29. The van der Waals surface area contributed by atoms with Crippen LogP contribution < -0.4 is 10.2 Å². The third-order valence-corrected chi connectivity index (χ3v) is 9.32. The van der Waals surface area contributed by atoms with E-state index in [1.807, 2.05) is 31.6 Å². The van der Waals surface area contributed by atoms with E-state index >= 15 is 0 Å². The van der Waals surface area contributed by atoms with Crippen molar-refractivity contribution in [3.63, 3.8) is 0 Å². The topological polar surface area (TPSA) is 28.1 Å². The summed E-state index contributed by atoms with van der Waals surface area (Å²) in [7, 11) is 4.09. The summed E-state index contributed by atoms with van der Waals surface area (Å²) in [5.41, 5.74) is 2.10. The molecule has 0 spiro atoms. The van der Waals surface area contributed by atoms with Crippen molar-refractivity contribution < 1.29 is 4.52 Å². The Kier molecular flexibility index (Phi) is 4.25. The fraction of sp³-hybridized carbons (Fsp3) is 0.353. The van der Waals surface area contributed by atoms with Crippen LogP contribution in [-0.2, 0) is 16.3 Å². The zero-order valence-electron chi connectivity index (χ0n) is 13.8. The van der Waals surface area contributed by atoms with Crippen molar-refractivity contribution in [2.45, 2.75) is 12.8 Å². The predicted molar refractivity (Wildman–Crippen MR) is 107 cm³/mol. The van der Waals surface area contributed by atoms with Gasteiger partial charge >= 0.3 is 0 Å². The highest BCUT2D eigenvalue weighted by Crippen LogP contribution is 2.56. The summed E-state index contributed by atoms with van der Waals surface area (Å²) < 4.78 is 8.80. The van der Waals surface area contributed by atoms with Crippen LogP contribution in [0.3, 0.4) is 0 Å². The highest BCUT2D eigenvalue weighted by molar-refractivity contribution is 8.15. The Bertz CT molecular complexity index is 826. The van der Waals surface area contributed by atoms with Crippen LogP contribution in [0.1, 0.15) is 17.7 Å². The van der Waals surface area contributed by atoms with Gasteiger partial charge in [-0.05, 0) is 54.3 Å². The minimum absolute atomic E-state index is 0.684. The fourth-order valence-corrected chi connectivity index (χ4v) is 7.33. The summed E-state index contributed by atoms with van der Waals surface area (Å²) in [6.07, 6.45) is 0.111. The Morgan fingerprint density at radius 3 is 2.71 bits per heavy atom. The van der Waals surface area contributed by atoms with Crippen molar-refractivity contribution in [2.24, 2.45) is 4.99 Å². The first-order valence-electron chi connectivity index (χ1n) is 8.07. The second-order valence-electron chi connectivity index (χ2n) is 6.23. The van der Waals surface area contributed by atoms with Crippen molar-refractivity contribution in [3.8, 4) is 0 Å². The molecule has 1 unspecified atom stereocenters. The number of rotatable bonds is 3. The minimum atomic E-state index is -2.27. The van der Waals surface area contributed by atoms with E-state index in [9.17, 15) is 0 Å². The normalized spacial score (nSPS) is 23.5. The van der Waals surface area contributed by atoms with Gasteiger partial charge in [-0.2, -0.15) is 0 Å². The maximum absolute atomic E-state index is 6.43. The molecule has 3 heterocycles. The summed E-state index contributed by atoms with van der Waals surface area (Å²) in [5.74, 6) is 0.684. The molecule has 1 aromatic heterocycles. The van der Waals surface area contributed by atoms with E-state index in [0.29, 0.717) is 5.90 Å². The molecule has 1 aromatic carbocycles. The standard InChI is InChI=1S/C17H20N3OPS2/c1-19(2)13-7-8-15-14(12-13)18-17(16-6-5-11-24-16)21-22(15,23)20-9-3-4-10-20/h5-8,11-12H,3-4,9-10H2,1-2H3. The summed E-state index contributed by atoms with van der Waals surface area (Å²) in [5, 5.41) is 3.14. The number of hydrogen-bond donors (Lipinski definition) is 0. The summed E-state index contributed by atoms with van der Waals surface area (Å²) in [6, 6.07) is 10.4. The zero-order valence-corrected chi connectivity index (χ0v) is 16.3. The molecular weight excluding hydrogens is 357 g/mol. The number of benzene rings is 1. The molecule has 0 aliphatic carbocycles. The van der Waals surface area contributed by atoms with Gasteiger partial charge in [0, 0.05) is 32.9 Å². The van der Waals surface area contributed by atoms with E-state index in [4.69, 9.17) is 21.3 Å². The molecule has 4 rings (SSSR count). The molecule has 126 valence electrons. The SMILES string of the molecule is CN(C)c1ccc2c(c1)N=C(c1cccs1)OP2(=S)N1CCCC1. The number of aliphatic imine (C=N–C) groups is 1. The van der Waals surface area contributed by atoms with Gasteiger partial charge in [0.25, 0.3) is 0 Å². The maximum atomic E-state index is 6.43. The van der Waals surface area contributed by atoms with E-state index in [1.54, 1.807) is 11.3 Å². The Hall–Kier alpha value is -1.20. The van der Waals surface area contributed by atoms with Crippen LogP contribution in [0.15, 0.2) is 40.7 Å². The average molecular weight is 377 g/mol. The van der Waals surface area contributed by atoms with Crippen molar-refractivity contribution in [1.82, 2.24) is 4.67 Å². The zero-order chi connectivity index (χ0) is 16.7. The first kappa shape index (κ1) is 16.3. The van der Waals surface area contributed by atoms with Crippen LogP contribution in [-0.4, -0.2) is 37.8 Å². The molecule has 4 nitrogen and oxygen atoms in total. The second kappa shape index (κ2) is 6.26. The van der Waals surface area contributed by atoms with Gasteiger partial charge in [-0.25, -0.2) is 9.66 Å². The van der Waals surface area contributed by atoms with Gasteiger partial charge in [-0.3, -0.25) is 0 Å². The van der Waals surface area contributed by atoms with E-state index < -0.39 is 6.42 Å². The third kappa shape index (κ3) is 2.72. The molecule has 0 bridgehead atoms. The molecule has 1 saturated heterocycles. The summed E-state index contributed by atoms with van der Waals surface area (Å²) in [4.78, 5) is 7.95. The third-order valence-electron chi connectivity index (χ3n) is 4.40. The van der Waals surface area contributed by atoms with Crippen LogP contribution in [0.5, 0.6) is 0 Å². The van der Waals surface area contributed by atoms with Crippen molar-refractivity contribution in [1.29, 1.82) is 0 Å². The second-order valence-corrected chi connectivity index (χ2v) is 10.9. The molecule has 24 heavy (non-hydrogen) atoms. The van der Waals surface area contributed by atoms with Crippen LogP contribution in [0, 0.1) is 0 Å². The Morgan fingerprint density at radius 2 is 2.04 bits per heavy atom. The Labute approximate surface area is 151 Å².